The molecule has 0 unspecified atom stereocenters. The van der Waals surface area contributed by atoms with Gasteiger partial charge in [-0.1, -0.05) is 45.7 Å². The number of anilines is 1. The highest BCUT2D eigenvalue weighted by Crippen LogP contribution is 2.47. The number of rotatable bonds is 13. The number of nitrogens with one attached hydrogen (secondary N) is 3. The molecule has 53 heavy (non-hydrogen) atoms. The van der Waals surface area contributed by atoms with Crippen molar-refractivity contribution in [1.82, 2.24) is 19.9 Å². The zero-order valence-corrected chi connectivity index (χ0v) is 31.7. The average molecular weight is 770 g/mol. The van der Waals surface area contributed by atoms with Crippen LogP contribution in [0.25, 0.3) is 10.8 Å². The highest BCUT2D eigenvalue weighted by Gasteiger charge is 2.62. The number of hydrogen-bond acceptors (Lipinski definition) is 10. The molecule has 3 amide bonds. The summed E-state index contributed by atoms with van der Waals surface area (Å²) in [7, 11) is -2.36. The Kier molecular flexibility index (Phi) is 10.3. The van der Waals surface area contributed by atoms with Gasteiger partial charge in [-0.2, -0.15) is 0 Å². The molecule has 3 aliphatic rings. The van der Waals surface area contributed by atoms with Crippen molar-refractivity contribution in [3.63, 3.8) is 0 Å². The van der Waals surface area contributed by atoms with Crippen molar-refractivity contribution in [1.29, 1.82) is 0 Å². The Morgan fingerprint density at radius 1 is 1.09 bits per heavy atom. The maximum absolute atomic E-state index is 14.7. The van der Waals surface area contributed by atoms with Gasteiger partial charge < -0.3 is 30.1 Å². The number of methoxy groups -OCH3 is 1. The largest absolute Gasteiger partial charge is 0.494 e. The van der Waals surface area contributed by atoms with Crippen LogP contribution in [-0.4, -0.2) is 89.7 Å². The van der Waals surface area contributed by atoms with Gasteiger partial charge >= 0.3 is 5.97 Å². The average Bonchev–Trinajstić information content (AvgIpc) is 4.03. The first-order valence-electron chi connectivity index (χ1n) is 17.5. The molecule has 3 aromatic rings. The van der Waals surface area contributed by atoms with Crippen LogP contribution in [0.3, 0.4) is 0 Å². The van der Waals surface area contributed by atoms with E-state index in [1.54, 1.807) is 30.3 Å². The van der Waals surface area contributed by atoms with Crippen molar-refractivity contribution < 1.29 is 42.2 Å². The number of fused-ring (bicyclic) bond motifs is 1. The zero-order chi connectivity index (χ0) is 38.5. The van der Waals surface area contributed by atoms with E-state index >= 15 is 0 Å². The molecule has 5 atom stereocenters. The number of aromatic carboxylic acids is 1. The lowest BCUT2D eigenvalue weighted by Crippen LogP contribution is -2.58. The number of carboxylic acid groups (broad SMARTS) is 1. The summed E-state index contributed by atoms with van der Waals surface area (Å²) in [6, 6.07) is 9.17. The summed E-state index contributed by atoms with van der Waals surface area (Å²) in [5.41, 5.74) is -1.56. The van der Waals surface area contributed by atoms with Gasteiger partial charge in [0.25, 0.3) is 5.91 Å². The lowest BCUT2D eigenvalue weighted by molar-refractivity contribution is -0.141. The molecule has 2 saturated carbocycles. The number of carboxylic acids is 1. The third kappa shape index (κ3) is 7.86. The lowest BCUT2D eigenvalue weighted by atomic mass is 9.85. The van der Waals surface area contributed by atoms with Crippen molar-refractivity contribution in [3.8, 4) is 11.6 Å². The van der Waals surface area contributed by atoms with Crippen LogP contribution in [0.2, 0.25) is 5.02 Å². The van der Waals surface area contributed by atoms with Gasteiger partial charge in [-0.3, -0.25) is 19.1 Å². The second-order valence-electron chi connectivity index (χ2n) is 15.1. The smallest absolute Gasteiger partial charge is 0.335 e. The molecule has 0 bridgehead atoms. The minimum Gasteiger partial charge on any atom is -0.494 e. The number of halogens is 1. The maximum Gasteiger partial charge on any atom is 0.335 e. The van der Waals surface area contributed by atoms with Crippen molar-refractivity contribution >= 4 is 61.8 Å². The Morgan fingerprint density at radius 2 is 1.79 bits per heavy atom. The molecular weight excluding hydrogens is 726 g/mol. The van der Waals surface area contributed by atoms with Crippen molar-refractivity contribution in [2.45, 2.75) is 88.8 Å². The van der Waals surface area contributed by atoms with E-state index < -0.39 is 68.1 Å². The van der Waals surface area contributed by atoms with E-state index in [9.17, 15) is 32.7 Å². The van der Waals surface area contributed by atoms with Crippen LogP contribution in [-0.2, 0) is 24.4 Å². The molecule has 4 N–H and O–H groups in total. The van der Waals surface area contributed by atoms with Crippen LogP contribution >= 0.6 is 11.6 Å². The van der Waals surface area contributed by atoms with E-state index in [1.165, 1.54) is 30.3 Å². The van der Waals surface area contributed by atoms with E-state index in [0.717, 1.165) is 0 Å². The summed E-state index contributed by atoms with van der Waals surface area (Å²) < 4.78 is 39.6. The van der Waals surface area contributed by atoms with Crippen LogP contribution in [0.1, 0.15) is 70.2 Å². The van der Waals surface area contributed by atoms with Gasteiger partial charge in [0.1, 0.15) is 29.5 Å². The van der Waals surface area contributed by atoms with Gasteiger partial charge in [0.15, 0.2) is 0 Å². The van der Waals surface area contributed by atoms with Crippen molar-refractivity contribution in [2.75, 3.05) is 19.0 Å². The van der Waals surface area contributed by atoms with Gasteiger partial charge in [0, 0.05) is 27.9 Å². The molecule has 0 radical (unpaired) electrons. The molecule has 0 spiro atoms. The van der Waals surface area contributed by atoms with E-state index in [2.05, 4.69) is 20.3 Å². The van der Waals surface area contributed by atoms with Crippen molar-refractivity contribution in [2.24, 2.45) is 11.3 Å². The number of hydrogen-bond donors (Lipinski definition) is 4. The summed E-state index contributed by atoms with van der Waals surface area (Å²) in [6.45, 7) is 7.42. The normalized spacial score (nSPS) is 23.2. The number of pyridine rings is 1. The van der Waals surface area contributed by atoms with Crippen LogP contribution in [0.4, 0.5) is 5.69 Å². The summed E-state index contributed by atoms with van der Waals surface area (Å²) >= 11 is 6.34. The summed E-state index contributed by atoms with van der Waals surface area (Å²) in [4.78, 5) is 59.9. The fraction of sp³-hybridized carbons (Fsp3) is 0.486. The first-order valence-corrected chi connectivity index (χ1v) is 19.5. The van der Waals surface area contributed by atoms with E-state index in [-0.39, 0.29) is 36.7 Å². The van der Waals surface area contributed by atoms with Crippen LogP contribution < -0.4 is 24.8 Å². The Bertz CT molecular complexity index is 2050. The Balaban J connectivity index is 1.31. The predicted octanol–water partition coefficient (Wildman–Crippen LogP) is 4.36. The SMILES string of the molecule is CC[C@@H]1C[C@]1(NC(=O)[C@@H]1C[C@@H](Oc2ncc(OC)c3ccc(Cl)cc23)CN1C(=O)[C@H](Nc1ccc(C(=O)O)cc1)C(C)(C)C)C(=O)NS(=O)(=O)C1CC1. The lowest BCUT2D eigenvalue weighted by Gasteiger charge is -2.36. The zero-order valence-electron chi connectivity index (χ0n) is 30.1. The monoisotopic (exact) mass is 769 g/mol. The minimum atomic E-state index is -3.88. The number of sulfonamides is 1. The molecule has 2 aliphatic carbocycles. The number of likely N-dealkylation sites (tertiary alicyclic amines) is 1. The number of carbonyl (C=O) groups is 4. The molecule has 284 valence electrons. The standard InChI is InChI=1S/C37H44ClN5O9S/c1-6-21-17-37(21,35(48)42-53(49,50)25-12-13-25)41-31(44)28-16-24(52-32-27-15-22(38)9-14-26(27)29(51-5)18-39-32)19-43(28)33(45)30(36(2,3)4)40-23-10-7-20(8-11-23)34(46)47/h7-11,14-15,18,21,24-25,28,30,40H,6,12-13,16-17,19H2,1-5H3,(H,41,44)(H,42,48)(H,46,47)/t21-,24-,28+,30+,37-/m1/s1. The first kappa shape index (κ1) is 38.1. The summed E-state index contributed by atoms with van der Waals surface area (Å²) in [5.74, 6) is -2.49. The molecule has 1 saturated heterocycles. The molecule has 1 aromatic heterocycles. The van der Waals surface area contributed by atoms with Gasteiger partial charge in [-0.05, 0) is 73.1 Å². The highest BCUT2D eigenvalue weighted by molar-refractivity contribution is 7.91. The van der Waals surface area contributed by atoms with Gasteiger partial charge in [0.05, 0.1) is 30.7 Å². The molecular formula is C37H44ClN5O9S. The quantitative estimate of drug-likeness (QED) is 0.193. The number of carbonyl (C=O) groups excluding carboxylic acids is 3. The molecule has 14 nitrogen and oxygen atoms in total. The van der Waals surface area contributed by atoms with Crippen LogP contribution in [0.5, 0.6) is 11.6 Å². The summed E-state index contributed by atoms with van der Waals surface area (Å²) in [6.07, 6.45) is 2.53. The molecule has 2 heterocycles. The minimum absolute atomic E-state index is 0.0225. The predicted molar refractivity (Wildman–Crippen MR) is 197 cm³/mol. The number of amides is 3. The Hall–Kier alpha value is -4.63. The topological polar surface area (TPSA) is 193 Å². The molecule has 2 aromatic carbocycles. The maximum atomic E-state index is 14.7. The molecule has 1 aliphatic heterocycles. The van der Waals surface area contributed by atoms with Crippen molar-refractivity contribution in [3.05, 3.63) is 59.2 Å². The van der Waals surface area contributed by atoms with E-state index in [1.807, 2.05) is 27.7 Å². The Morgan fingerprint density at radius 3 is 2.38 bits per heavy atom. The summed E-state index contributed by atoms with van der Waals surface area (Å²) in [5, 5.41) is 16.5. The van der Waals surface area contributed by atoms with Crippen LogP contribution in [0.15, 0.2) is 48.7 Å². The third-order valence-corrected chi connectivity index (χ3v) is 12.3. The number of nitrogens with zero attached hydrogens (tertiary/aromatic N) is 2. The second-order valence-corrected chi connectivity index (χ2v) is 17.5. The number of aromatic nitrogens is 1. The van der Waals surface area contributed by atoms with E-state index in [4.69, 9.17) is 21.1 Å². The highest BCUT2D eigenvalue weighted by atomic mass is 35.5. The molecule has 3 fully saturated rings. The molecule has 6 rings (SSSR count). The third-order valence-electron chi connectivity index (χ3n) is 10.2. The van der Waals surface area contributed by atoms with Gasteiger partial charge in [-0.25, -0.2) is 18.2 Å². The fourth-order valence-electron chi connectivity index (χ4n) is 6.94. The number of ether oxygens (including phenoxy) is 2. The first-order chi connectivity index (χ1) is 25.0. The van der Waals surface area contributed by atoms with Crippen LogP contribution in [0, 0.1) is 11.3 Å². The van der Waals surface area contributed by atoms with Gasteiger partial charge in [0.2, 0.25) is 27.7 Å². The van der Waals surface area contributed by atoms with E-state index in [0.29, 0.717) is 46.5 Å². The molecule has 16 heteroatoms. The Labute approximate surface area is 313 Å². The number of benzene rings is 2. The second kappa shape index (κ2) is 14.3. The fourth-order valence-corrected chi connectivity index (χ4v) is 8.48. The van der Waals surface area contributed by atoms with Gasteiger partial charge in [-0.15, -0.1) is 0 Å².